The van der Waals surface area contributed by atoms with Gasteiger partial charge >= 0.3 is 0 Å². The van der Waals surface area contributed by atoms with Crippen molar-refractivity contribution >= 4 is 11.5 Å². The monoisotopic (exact) mass is 359 g/mol. The molecule has 0 spiro atoms. The van der Waals surface area contributed by atoms with Crippen LogP contribution in [-0.4, -0.2) is 29.9 Å². The quantitative estimate of drug-likeness (QED) is 0.660. The Morgan fingerprint density at radius 3 is 2.63 bits per heavy atom. The molecule has 6 nitrogen and oxygen atoms in total. The van der Waals surface area contributed by atoms with Gasteiger partial charge in [0.25, 0.3) is 5.69 Å². The SMILES string of the molecule is [C-]#[N+]c1c(-c2ccc(Oc3ccccc3)cc2)nn2c1NCCC2CNC. The number of hydrogen-bond donors (Lipinski definition) is 2. The molecule has 0 aliphatic carbocycles. The van der Waals surface area contributed by atoms with Crippen molar-refractivity contribution in [3.05, 3.63) is 66.0 Å². The summed E-state index contributed by atoms with van der Waals surface area (Å²) in [5.41, 5.74) is 2.20. The van der Waals surface area contributed by atoms with Crippen LogP contribution in [0.1, 0.15) is 12.5 Å². The Kier molecular flexibility index (Phi) is 4.77. The van der Waals surface area contributed by atoms with E-state index in [2.05, 4.69) is 15.5 Å². The lowest BCUT2D eigenvalue weighted by Gasteiger charge is -2.25. The second-order valence-electron chi connectivity index (χ2n) is 6.47. The van der Waals surface area contributed by atoms with Gasteiger partial charge in [-0.2, -0.15) is 5.10 Å². The molecular formula is C21H21N5O. The predicted octanol–water partition coefficient (Wildman–Crippen LogP) is 4.47. The predicted molar refractivity (Wildman–Crippen MR) is 107 cm³/mol. The molecule has 0 saturated heterocycles. The van der Waals surface area contributed by atoms with E-state index in [1.54, 1.807) is 0 Å². The molecule has 0 saturated carbocycles. The van der Waals surface area contributed by atoms with Crippen molar-refractivity contribution in [2.45, 2.75) is 12.5 Å². The first kappa shape index (κ1) is 17.1. The van der Waals surface area contributed by atoms with Crippen LogP contribution in [0.2, 0.25) is 0 Å². The van der Waals surface area contributed by atoms with Gasteiger partial charge in [-0.25, -0.2) is 4.85 Å². The molecule has 1 aliphatic heterocycles. The first-order valence-electron chi connectivity index (χ1n) is 9.02. The number of anilines is 1. The minimum Gasteiger partial charge on any atom is -0.457 e. The summed E-state index contributed by atoms with van der Waals surface area (Å²) in [4.78, 5) is 3.76. The standard InChI is InChI=1S/C21H21N5O/c1-22-14-16-12-13-24-21-20(23-2)19(25-26(16)21)15-8-10-18(11-9-15)27-17-6-4-3-5-7-17/h3-11,16,22,24H,12-14H2,1H3. The molecule has 0 amide bonds. The molecule has 27 heavy (non-hydrogen) atoms. The Balaban J connectivity index is 1.64. The molecule has 2 aromatic carbocycles. The van der Waals surface area contributed by atoms with Gasteiger partial charge < -0.3 is 15.4 Å². The van der Waals surface area contributed by atoms with Gasteiger partial charge in [0.1, 0.15) is 23.0 Å². The lowest BCUT2D eigenvalue weighted by atomic mass is 10.1. The van der Waals surface area contributed by atoms with Crippen LogP contribution in [0.3, 0.4) is 0 Å². The summed E-state index contributed by atoms with van der Waals surface area (Å²) in [5.74, 6) is 2.37. The van der Waals surface area contributed by atoms with Crippen molar-refractivity contribution in [1.82, 2.24) is 15.1 Å². The second kappa shape index (κ2) is 7.52. The van der Waals surface area contributed by atoms with Gasteiger partial charge in [0.2, 0.25) is 0 Å². The van der Waals surface area contributed by atoms with Gasteiger partial charge in [0, 0.05) is 13.1 Å². The van der Waals surface area contributed by atoms with E-state index >= 15 is 0 Å². The summed E-state index contributed by atoms with van der Waals surface area (Å²) in [6.45, 7) is 9.32. The minimum atomic E-state index is 0.251. The number of nitrogens with zero attached hydrogens (tertiary/aromatic N) is 3. The largest absolute Gasteiger partial charge is 0.457 e. The van der Waals surface area contributed by atoms with Gasteiger partial charge in [-0.3, -0.25) is 4.68 Å². The zero-order valence-corrected chi connectivity index (χ0v) is 15.1. The highest BCUT2D eigenvalue weighted by atomic mass is 16.5. The highest BCUT2D eigenvalue weighted by Gasteiger charge is 2.26. The maximum Gasteiger partial charge on any atom is 0.255 e. The summed E-state index contributed by atoms with van der Waals surface area (Å²) < 4.78 is 7.80. The third-order valence-corrected chi connectivity index (χ3v) is 4.66. The normalized spacial score (nSPS) is 15.5. The highest BCUT2D eigenvalue weighted by Crippen LogP contribution is 2.40. The topological polar surface area (TPSA) is 55.5 Å². The van der Waals surface area contributed by atoms with Crippen LogP contribution in [0.15, 0.2) is 54.6 Å². The van der Waals surface area contributed by atoms with Crippen molar-refractivity contribution in [1.29, 1.82) is 0 Å². The average molecular weight is 359 g/mol. The Labute approximate surface area is 158 Å². The molecule has 1 unspecified atom stereocenters. The van der Waals surface area contributed by atoms with E-state index in [9.17, 15) is 0 Å². The number of aromatic nitrogens is 2. The van der Waals surface area contributed by atoms with Gasteiger partial charge in [0.05, 0.1) is 12.6 Å². The third kappa shape index (κ3) is 3.37. The molecule has 136 valence electrons. The van der Waals surface area contributed by atoms with E-state index in [1.807, 2.05) is 66.3 Å². The summed E-state index contributed by atoms with van der Waals surface area (Å²) in [6.07, 6.45) is 0.982. The van der Waals surface area contributed by atoms with Crippen LogP contribution in [0.4, 0.5) is 11.5 Å². The third-order valence-electron chi connectivity index (χ3n) is 4.66. The van der Waals surface area contributed by atoms with Crippen LogP contribution in [0, 0.1) is 6.57 Å². The lowest BCUT2D eigenvalue weighted by Crippen LogP contribution is -2.30. The molecule has 1 aliphatic rings. The smallest absolute Gasteiger partial charge is 0.255 e. The lowest BCUT2D eigenvalue weighted by molar-refractivity contribution is 0.407. The van der Waals surface area contributed by atoms with Crippen molar-refractivity contribution in [2.24, 2.45) is 0 Å². The number of fused-ring (bicyclic) bond motifs is 1. The van der Waals surface area contributed by atoms with E-state index in [0.29, 0.717) is 11.4 Å². The van der Waals surface area contributed by atoms with Gasteiger partial charge in [-0.05, 0) is 43.3 Å². The van der Waals surface area contributed by atoms with E-state index in [0.717, 1.165) is 42.4 Å². The van der Waals surface area contributed by atoms with Crippen molar-refractivity contribution in [2.75, 3.05) is 25.5 Å². The molecule has 6 heteroatoms. The zero-order chi connectivity index (χ0) is 18.6. The van der Waals surface area contributed by atoms with Crippen molar-refractivity contribution in [3.8, 4) is 22.8 Å². The summed E-state index contributed by atoms with van der Waals surface area (Å²) in [5, 5.41) is 11.3. The molecule has 4 rings (SSSR count). The fourth-order valence-corrected chi connectivity index (χ4v) is 3.36. The molecule has 2 N–H and O–H groups in total. The van der Waals surface area contributed by atoms with Crippen LogP contribution in [-0.2, 0) is 0 Å². The maximum absolute atomic E-state index is 7.64. The fourth-order valence-electron chi connectivity index (χ4n) is 3.36. The van der Waals surface area contributed by atoms with E-state index in [-0.39, 0.29) is 6.04 Å². The summed E-state index contributed by atoms with van der Waals surface area (Å²) in [7, 11) is 1.94. The Hall–Kier alpha value is -3.30. The average Bonchev–Trinajstić information content (AvgIpc) is 3.09. The van der Waals surface area contributed by atoms with Crippen LogP contribution in [0.5, 0.6) is 11.5 Å². The molecular weight excluding hydrogens is 338 g/mol. The number of benzene rings is 2. The number of nitrogens with one attached hydrogen (secondary N) is 2. The number of likely N-dealkylation sites (N-methyl/N-ethyl adjacent to an activating group) is 1. The zero-order valence-electron chi connectivity index (χ0n) is 15.1. The summed E-state index contributed by atoms with van der Waals surface area (Å²) in [6, 6.07) is 17.7. The minimum absolute atomic E-state index is 0.251. The first-order chi connectivity index (χ1) is 13.3. The number of ether oxygens (including phenoxy) is 1. The van der Waals surface area contributed by atoms with E-state index in [4.69, 9.17) is 16.4 Å². The molecule has 3 aromatic rings. The first-order valence-corrected chi connectivity index (χ1v) is 9.02. The molecule has 0 bridgehead atoms. The maximum atomic E-state index is 7.64. The Morgan fingerprint density at radius 2 is 1.93 bits per heavy atom. The number of para-hydroxylation sites is 1. The number of rotatable bonds is 5. The van der Waals surface area contributed by atoms with Gasteiger partial charge in [-0.1, -0.05) is 30.3 Å². The van der Waals surface area contributed by atoms with Crippen LogP contribution >= 0.6 is 0 Å². The second-order valence-corrected chi connectivity index (χ2v) is 6.47. The molecule has 2 heterocycles. The summed E-state index contributed by atoms with van der Waals surface area (Å²) >= 11 is 0. The number of hydrogen-bond acceptors (Lipinski definition) is 4. The Morgan fingerprint density at radius 1 is 1.19 bits per heavy atom. The molecule has 0 fully saturated rings. The highest BCUT2D eigenvalue weighted by molar-refractivity contribution is 5.84. The fraction of sp³-hybridized carbons (Fsp3) is 0.238. The molecule has 0 radical (unpaired) electrons. The van der Waals surface area contributed by atoms with E-state index < -0.39 is 0 Å². The van der Waals surface area contributed by atoms with Gasteiger partial charge in [-0.15, -0.1) is 0 Å². The molecule has 1 aromatic heterocycles. The molecule has 1 atom stereocenters. The Bertz CT molecular complexity index is 957. The van der Waals surface area contributed by atoms with Gasteiger partial charge in [0.15, 0.2) is 0 Å². The van der Waals surface area contributed by atoms with Crippen LogP contribution in [0.25, 0.3) is 16.1 Å². The van der Waals surface area contributed by atoms with Crippen molar-refractivity contribution in [3.63, 3.8) is 0 Å². The van der Waals surface area contributed by atoms with Crippen LogP contribution < -0.4 is 15.4 Å². The van der Waals surface area contributed by atoms with E-state index in [1.165, 1.54) is 0 Å². The van der Waals surface area contributed by atoms with Crippen molar-refractivity contribution < 1.29 is 4.74 Å².